The molecule has 2 rings (SSSR count). The molecule has 1 amide bonds. The van der Waals surface area contributed by atoms with Gasteiger partial charge < -0.3 is 19.8 Å². The van der Waals surface area contributed by atoms with Gasteiger partial charge in [0.25, 0.3) is 5.91 Å². The summed E-state index contributed by atoms with van der Waals surface area (Å²) in [7, 11) is 1.70. The average molecular weight is 238 g/mol. The molecule has 2 atom stereocenters. The molecule has 0 bridgehead atoms. The number of ether oxygens (including phenoxy) is 1. The summed E-state index contributed by atoms with van der Waals surface area (Å²) in [4.78, 5) is 14.0. The van der Waals surface area contributed by atoms with Crippen LogP contribution in [0.4, 0.5) is 0 Å². The lowest BCUT2D eigenvalue weighted by Crippen LogP contribution is -2.51. The van der Waals surface area contributed by atoms with E-state index in [1.165, 1.54) is 12.5 Å². The van der Waals surface area contributed by atoms with Crippen molar-refractivity contribution in [3.05, 3.63) is 24.2 Å². The highest BCUT2D eigenvalue weighted by atomic mass is 16.5. The summed E-state index contributed by atoms with van der Waals surface area (Å²) >= 11 is 0. The van der Waals surface area contributed by atoms with Crippen molar-refractivity contribution in [2.75, 3.05) is 20.2 Å². The molecule has 0 aliphatic carbocycles. The Kier molecular flexibility index (Phi) is 3.81. The van der Waals surface area contributed by atoms with E-state index in [9.17, 15) is 4.79 Å². The van der Waals surface area contributed by atoms with E-state index in [-0.39, 0.29) is 18.1 Å². The van der Waals surface area contributed by atoms with Crippen LogP contribution in [0.25, 0.3) is 0 Å². The second-order valence-electron chi connectivity index (χ2n) is 4.28. The number of furan rings is 1. The number of amides is 1. The minimum Gasteiger partial charge on any atom is -0.472 e. The van der Waals surface area contributed by atoms with Gasteiger partial charge in [-0.15, -0.1) is 0 Å². The summed E-state index contributed by atoms with van der Waals surface area (Å²) in [5, 5.41) is 0. The molecular formula is C12H18N2O3. The van der Waals surface area contributed by atoms with E-state index in [1.807, 2.05) is 4.90 Å². The molecule has 2 N–H and O–H groups in total. The second-order valence-corrected chi connectivity index (χ2v) is 4.28. The Hall–Kier alpha value is -1.33. The number of hydrogen-bond acceptors (Lipinski definition) is 4. The zero-order valence-corrected chi connectivity index (χ0v) is 9.96. The largest absolute Gasteiger partial charge is 0.472 e. The van der Waals surface area contributed by atoms with Gasteiger partial charge in [0.1, 0.15) is 6.26 Å². The van der Waals surface area contributed by atoms with Crippen LogP contribution in [0.2, 0.25) is 0 Å². The smallest absolute Gasteiger partial charge is 0.257 e. The van der Waals surface area contributed by atoms with Gasteiger partial charge in [0, 0.05) is 26.2 Å². The van der Waals surface area contributed by atoms with Gasteiger partial charge in [-0.2, -0.15) is 0 Å². The maximum absolute atomic E-state index is 12.2. The SMILES string of the molecule is COC1CCN(C(=O)c2ccoc2)C(CN)C1. The molecule has 0 saturated carbocycles. The molecule has 1 fully saturated rings. The molecule has 2 heterocycles. The molecule has 17 heavy (non-hydrogen) atoms. The fraction of sp³-hybridized carbons (Fsp3) is 0.583. The Morgan fingerprint density at radius 3 is 3.12 bits per heavy atom. The maximum atomic E-state index is 12.2. The van der Waals surface area contributed by atoms with Crippen LogP contribution in [0, 0.1) is 0 Å². The number of piperidine rings is 1. The number of rotatable bonds is 3. The number of methoxy groups -OCH3 is 1. The van der Waals surface area contributed by atoms with Gasteiger partial charge in [-0.3, -0.25) is 4.79 Å². The third-order valence-electron chi connectivity index (χ3n) is 3.30. The first-order valence-electron chi connectivity index (χ1n) is 5.82. The van der Waals surface area contributed by atoms with Gasteiger partial charge in [0.15, 0.2) is 0 Å². The van der Waals surface area contributed by atoms with Gasteiger partial charge >= 0.3 is 0 Å². The quantitative estimate of drug-likeness (QED) is 0.848. The summed E-state index contributed by atoms with van der Waals surface area (Å²) in [5.74, 6) is -0.0104. The van der Waals surface area contributed by atoms with Crippen molar-refractivity contribution in [3.63, 3.8) is 0 Å². The summed E-state index contributed by atoms with van der Waals surface area (Å²) in [6.07, 6.45) is 4.84. The minimum atomic E-state index is -0.0104. The van der Waals surface area contributed by atoms with Crippen LogP contribution in [0.1, 0.15) is 23.2 Å². The Balaban J connectivity index is 2.07. The van der Waals surface area contributed by atoms with Crippen LogP contribution in [-0.2, 0) is 4.74 Å². The van der Waals surface area contributed by atoms with Gasteiger partial charge in [-0.25, -0.2) is 0 Å². The third-order valence-corrected chi connectivity index (χ3v) is 3.30. The Morgan fingerprint density at radius 2 is 2.53 bits per heavy atom. The monoisotopic (exact) mass is 238 g/mol. The first-order chi connectivity index (χ1) is 8.26. The first kappa shape index (κ1) is 12.1. The first-order valence-corrected chi connectivity index (χ1v) is 5.82. The van der Waals surface area contributed by atoms with Crippen molar-refractivity contribution < 1.29 is 13.9 Å². The van der Waals surface area contributed by atoms with E-state index >= 15 is 0 Å². The van der Waals surface area contributed by atoms with Crippen LogP contribution in [0.15, 0.2) is 23.0 Å². The van der Waals surface area contributed by atoms with Crippen molar-refractivity contribution >= 4 is 5.91 Å². The molecule has 0 aromatic carbocycles. The molecule has 5 nitrogen and oxygen atoms in total. The van der Waals surface area contributed by atoms with Crippen LogP contribution in [0.3, 0.4) is 0 Å². The predicted octanol–water partition coefficient (Wildman–Crippen LogP) is 0.858. The Morgan fingerprint density at radius 1 is 1.71 bits per heavy atom. The molecule has 1 aliphatic rings. The van der Waals surface area contributed by atoms with E-state index in [0.717, 1.165) is 12.8 Å². The molecule has 1 aliphatic heterocycles. The van der Waals surface area contributed by atoms with Gasteiger partial charge in [0.2, 0.25) is 0 Å². The number of nitrogens with zero attached hydrogens (tertiary/aromatic N) is 1. The summed E-state index contributed by atoms with van der Waals surface area (Å²) in [6.45, 7) is 1.15. The fourth-order valence-corrected chi connectivity index (χ4v) is 2.27. The van der Waals surface area contributed by atoms with Crippen LogP contribution >= 0.6 is 0 Å². The molecular weight excluding hydrogens is 220 g/mol. The zero-order valence-electron chi connectivity index (χ0n) is 9.96. The highest BCUT2D eigenvalue weighted by Crippen LogP contribution is 2.21. The zero-order chi connectivity index (χ0) is 12.3. The van der Waals surface area contributed by atoms with Crippen molar-refractivity contribution in [1.29, 1.82) is 0 Å². The molecule has 1 aromatic heterocycles. The van der Waals surface area contributed by atoms with Crippen molar-refractivity contribution in [2.24, 2.45) is 5.73 Å². The standard InChI is InChI=1S/C12H18N2O3/c1-16-11-2-4-14(10(6-11)7-13)12(15)9-3-5-17-8-9/h3,5,8,10-11H,2,4,6-7,13H2,1H3. The lowest BCUT2D eigenvalue weighted by Gasteiger charge is -2.38. The molecule has 94 valence electrons. The van der Waals surface area contributed by atoms with Gasteiger partial charge in [-0.05, 0) is 18.9 Å². The molecule has 1 saturated heterocycles. The maximum Gasteiger partial charge on any atom is 0.257 e. The molecule has 5 heteroatoms. The fourth-order valence-electron chi connectivity index (χ4n) is 2.27. The third kappa shape index (κ3) is 2.50. The summed E-state index contributed by atoms with van der Waals surface area (Å²) in [5.41, 5.74) is 6.31. The lowest BCUT2D eigenvalue weighted by molar-refractivity contribution is 0.0139. The lowest BCUT2D eigenvalue weighted by atomic mass is 9.98. The second kappa shape index (κ2) is 5.33. The number of nitrogens with two attached hydrogens (primary N) is 1. The van der Waals surface area contributed by atoms with Crippen LogP contribution in [0.5, 0.6) is 0 Å². The highest BCUT2D eigenvalue weighted by molar-refractivity contribution is 5.94. The van der Waals surface area contributed by atoms with E-state index in [4.69, 9.17) is 14.9 Å². The van der Waals surface area contributed by atoms with E-state index in [2.05, 4.69) is 0 Å². The van der Waals surface area contributed by atoms with E-state index in [1.54, 1.807) is 13.2 Å². The average Bonchev–Trinajstić information content (AvgIpc) is 2.91. The Labute approximate surface area is 101 Å². The van der Waals surface area contributed by atoms with Crippen molar-refractivity contribution in [2.45, 2.75) is 25.0 Å². The van der Waals surface area contributed by atoms with Crippen LogP contribution in [-0.4, -0.2) is 43.2 Å². The molecule has 0 spiro atoms. The van der Waals surface area contributed by atoms with Gasteiger partial charge in [-0.1, -0.05) is 0 Å². The van der Waals surface area contributed by atoms with Crippen molar-refractivity contribution in [1.82, 2.24) is 4.90 Å². The normalized spacial score (nSPS) is 24.9. The number of hydrogen-bond donors (Lipinski definition) is 1. The van der Waals surface area contributed by atoms with Crippen molar-refractivity contribution in [3.8, 4) is 0 Å². The molecule has 1 aromatic rings. The van der Waals surface area contributed by atoms with Crippen LogP contribution < -0.4 is 5.73 Å². The van der Waals surface area contributed by atoms with E-state index in [0.29, 0.717) is 18.7 Å². The molecule has 2 unspecified atom stereocenters. The predicted molar refractivity (Wildman–Crippen MR) is 62.6 cm³/mol. The van der Waals surface area contributed by atoms with E-state index < -0.39 is 0 Å². The van der Waals surface area contributed by atoms with Gasteiger partial charge in [0.05, 0.1) is 17.9 Å². The number of carbonyl (C=O) groups is 1. The number of carbonyl (C=O) groups excluding carboxylic acids is 1. The molecule has 0 radical (unpaired) electrons. The summed E-state index contributed by atoms with van der Waals surface area (Å²) < 4.78 is 10.3. The highest BCUT2D eigenvalue weighted by Gasteiger charge is 2.31. The topological polar surface area (TPSA) is 68.7 Å². The Bertz CT molecular complexity index is 364. The minimum absolute atomic E-state index is 0.0104. The summed E-state index contributed by atoms with van der Waals surface area (Å²) in [6, 6.07) is 1.73. The number of likely N-dealkylation sites (tertiary alicyclic amines) is 1.